The van der Waals surface area contributed by atoms with Crippen LogP contribution in [0.1, 0.15) is 59.6 Å². The Kier molecular flexibility index (Phi) is 6.13. The van der Waals surface area contributed by atoms with Crippen molar-refractivity contribution in [1.82, 2.24) is 25.3 Å². The number of rotatable bonds is 5. The molecule has 158 valence electrons. The molecule has 0 saturated heterocycles. The van der Waals surface area contributed by atoms with Crippen molar-refractivity contribution < 1.29 is 9.53 Å². The lowest BCUT2D eigenvalue weighted by Crippen LogP contribution is -2.34. The molecule has 1 saturated carbocycles. The molecule has 2 aromatic heterocycles. The molecule has 0 atom stereocenters. The molecule has 0 unspecified atom stereocenters. The smallest absolute Gasteiger partial charge is 0.263 e. The molecular formula is C22H27N5O2S. The van der Waals surface area contributed by atoms with Gasteiger partial charge in [0, 0.05) is 6.04 Å². The molecule has 1 amide bonds. The van der Waals surface area contributed by atoms with Gasteiger partial charge in [0.2, 0.25) is 0 Å². The molecule has 0 radical (unpaired) electrons. The maximum absolute atomic E-state index is 12.9. The van der Waals surface area contributed by atoms with Gasteiger partial charge >= 0.3 is 0 Å². The average Bonchev–Trinajstić information content (AvgIpc) is 3.21. The van der Waals surface area contributed by atoms with Gasteiger partial charge in [-0.05, 0) is 51.0 Å². The molecule has 1 N–H and O–H groups in total. The summed E-state index contributed by atoms with van der Waals surface area (Å²) in [6.45, 7) is 3.84. The third-order valence-corrected chi connectivity index (χ3v) is 6.77. The number of hydrogen-bond acceptors (Lipinski definition) is 6. The van der Waals surface area contributed by atoms with Gasteiger partial charge < -0.3 is 10.1 Å². The van der Waals surface area contributed by atoms with E-state index in [9.17, 15) is 4.79 Å². The molecule has 3 aromatic rings. The number of thiazole rings is 1. The summed E-state index contributed by atoms with van der Waals surface area (Å²) in [5.41, 5.74) is 3.21. The Labute approximate surface area is 180 Å². The summed E-state index contributed by atoms with van der Waals surface area (Å²) in [5.74, 6) is 0.764. The van der Waals surface area contributed by atoms with Crippen molar-refractivity contribution in [3.05, 3.63) is 40.5 Å². The SMILES string of the molecule is COc1ccc(-n2nnc(-c3nc(C)c(C(=O)NC4CCCCCC4)s3)c2C)cc1. The van der Waals surface area contributed by atoms with E-state index < -0.39 is 0 Å². The summed E-state index contributed by atoms with van der Waals surface area (Å²) in [7, 11) is 1.64. The third kappa shape index (κ3) is 4.23. The van der Waals surface area contributed by atoms with Crippen molar-refractivity contribution >= 4 is 17.2 Å². The van der Waals surface area contributed by atoms with Crippen molar-refractivity contribution in [3.63, 3.8) is 0 Å². The van der Waals surface area contributed by atoms with E-state index >= 15 is 0 Å². The van der Waals surface area contributed by atoms with Crippen LogP contribution in [0, 0.1) is 13.8 Å². The van der Waals surface area contributed by atoms with Gasteiger partial charge in [-0.25, -0.2) is 9.67 Å². The minimum atomic E-state index is -0.0247. The number of hydrogen-bond donors (Lipinski definition) is 1. The van der Waals surface area contributed by atoms with Crippen LogP contribution in [-0.2, 0) is 0 Å². The number of aryl methyl sites for hydroxylation is 1. The molecule has 1 fully saturated rings. The van der Waals surface area contributed by atoms with Crippen LogP contribution in [0.25, 0.3) is 16.4 Å². The number of carbonyl (C=O) groups is 1. The van der Waals surface area contributed by atoms with Crippen LogP contribution in [0.15, 0.2) is 24.3 Å². The largest absolute Gasteiger partial charge is 0.497 e. The van der Waals surface area contributed by atoms with Gasteiger partial charge in [0.05, 0.1) is 24.2 Å². The number of aromatic nitrogens is 4. The van der Waals surface area contributed by atoms with E-state index in [4.69, 9.17) is 4.74 Å². The molecule has 1 aliphatic rings. The fraction of sp³-hybridized carbons (Fsp3) is 0.455. The second-order valence-corrected chi connectivity index (χ2v) is 8.73. The highest BCUT2D eigenvalue weighted by atomic mass is 32.1. The number of methoxy groups -OCH3 is 1. The normalized spacial score (nSPS) is 15.0. The number of nitrogens with one attached hydrogen (secondary N) is 1. The highest BCUT2D eigenvalue weighted by molar-refractivity contribution is 7.17. The van der Waals surface area contributed by atoms with Crippen LogP contribution in [-0.4, -0.2) is 39.0 Å². The Morgan fingerprint density at radius 3 is 2.50 bits per heavy atom. The Morgan fingerprint density at radius 2 is 1.83 bits per heavy atom. The van der Waals surface area contributed by atoms with Crippen LogP contribution in [0.5, 0.6) is 5.75 Å². The molecule has 2 heterocycles. The number of nitrogens with zero attached hydrogens (tertiary/aromatic N) is 4. The Hall–Kier alpha value is -2.74. The minimum Gasteiger partial charge on any atom is -0.497 e. The number of ether oxygens (including phenoxy) is 1. The predicted octanol–water partition coefficient (Wildman–Crippen LogP) is 4.47. The summed E-state index contributed by atoms with van der Waals surface area (Å²) in [5, 5.41) is 12.6. The Bertz CT molecular complexity index is 1020. The molecule has 4 rings (SSSR count). The van der Waals surface area contributed by atoms with E-state index in [-0.39, 0.29) is 11.9 Å². The lowest BCUT2D eigenvalue weighted by molar-refractivity contribution is 0.0936. The number of amides is 1. The molecule has 1 aliphatic carbocycles. The zero-order valence-electron chi connectivity index (χ0n) is 17.6. The van der Waals surface area contributed by atoms with E-state index in [1.54, 1.807) is 11.8 Å². The summed E-state index contributed by atoms with van der Waals surface area (Å²) >= 11 is 1.38. The zero-order chi connectivity index (χ0) is 21.1. The molecule has 0 spiro atoms. The average molecular weight is 426 g/mol. The lowest BCUT2D eigenvalue weighted by Gasteiger charge is -2.15. The van der Waals surface area contributed by atoms with Crippen LogP contribution in [0.3, 0.4) is 0 Å². The molecule has 30 heavy (non-hydrogen) atoms. The zero-order valence-corrected chi connectivity index (χ0v) is 18.5. The highest BCUT2D eigenvalue weighted by Crippen LogP contribution is 2.30. The van der Waals surface area contributed by atoms with E-state index in [0.29, 0.717) is 10.6 Å². The standard InChI is InChI=1S/C22H27N5O2S/c1-14-20(21(28)24-16-8-6-4-5-7-9-16)30-22(23-14)19-15(2)27(26-25-19)17-10-12-18(29-3)13-11-17/h10-13,16H,4-9H2,1-3H3,(H,24,28). The molecule has 8 heteroatoms. The predicted molar refractivity (Wildman–Crippen MR) is 117 cm³/mol. The first-order valence-corrected chi connectivity index (χ1v) is 11.2. The van der Waals surface area contributed by atoms with Crippen molar-refractivity contribution in [2.75, 3.05) is 7.11 Å². The van der Waals surface area contributed by atoms with Gasteiger partial charge in [0.15, 0.2) is 0 Å². The first-order chi connectivity index (χ1) is 14.6. The van der Waals surface area contributed by atoms with E-state index in [1.165, 1.54) is 37.0 Å². The topological polar surface area (TPSA) is 81.9 Å². The van der Waals surface area contributed by atoms with Crippen molar-refractivity contribution in [1.29, 1.82) is 0 Å². The van der Waals surface area contributed by atoms with Gasteiger partial charge in [-0.3, -0.25) is 4.79 Å². The number of carbonyl (C=O) groups excluding carboxylic acids is 1. The van der Waals surface area contributed by atoms with Crippen molar-refractivity contribution in [2.45, 2.75) is 58.4 Å². The Balaban J connectivity index is 1.55. The van der Waals surface area contributed by atoms with E-state index in [2.05, 4.69) is 20.6 Å². The second-order valence-electron chi connectivity index (χ2n) is 7.73. The van der Waals surface area contributed by atoms with Gasteiger partial charge in [-0.1, -0.05) is 30.9 Å². The van der Waals surface area contributed by atoms with Gasteiger partial charge in [0.25, 0.3) is 5.91 Å². The van der Waals surface area contributed by atoms with Crippen LogP contribution in [0.4, 0.5) is 0 Å². The van der Waals surface area contributed by atoms with Crippen LogP contribution >= 0.6 is 11.3 Å². The molecule has 7 nitrogen and oxygen atoms in total. The fourth-order valence-electron chi connectivity index (χ4n) is 3.88. The summed E-state index contributed by atoms with van der Waals surface area (Å²) in [6, 6.07) is 7.91. The maximum Gasteiger partial charge on any atom is 0.263 e. The number of benzene rings is 1. The van der Waals surface area contributed by atoms with E-state index in [1.807, 2.05) is 38.1 Å². The molecule has 0 bridgehead atoms. The quantitative estimate of drug-likeness (QED) is 0.610. The maximum atomic E-state index is 12.9. The highest BCUT2D eigenvalue weighted by Gasteiger charge is 2.23. The summed E-state index contributed by atoms with van der Waals surface area (Å²) in [6.07, 6.45) is 7.02. The first-order valence-electron chi connectivity index (χ1n) is 10.4. The minimum absolute atomic E-state index is 0.0247. The van der Waals surface area contributed by atoms with Crippen molar-refractivity contribution in [2.24, 2.45) is 0 Å². The lowest BCUT2D eigenvalue weighted by atomic mass is 10.1. The third-order valence-electron chi connectivity index (χ3n) is 5.61. The first kappa shape index (κ1) is 20.5. The summed E-state index contributed by atoms with van der Waals surface area (Å²) in [4.78, 5) is 18.2. The molecule has 1 aromatic carbocycles. The van der Waals surface area contributed by atoms with Crippen molar-refractivity contribution in [3.8, 4) is 22.1 Å². The van der Waals surface area contributed by atoms with E-state index in [0.717, 1.165) is 40.7 Å². The van der Waals surface area contributed by atoms with Gasteiger partial charge in [-0.15, -0.1) is 16.4 Å². The second kappa shape index (κ2) is 8.95. The Morgan fingerprint density at radius 1 is 1.13 bits per heavy atom. The van der Waals surface area contributed by atoms with Crippen LogP contribution < -0.4 is 10.1 Å². The van der Waals surface area contributed by atoms with Gasteiger partial charge in [0.1, 0.15) is 21.3 Å². The van der Waals surface area contributed by atoms with Gasteiger partial charge in [-0.2, -0.15) is 0 Å². The summed E-state index contributed by atoms with van der Waals surface area (Å²) < 4.78 is 6.99. The molecule has 0 aliphatic heterocycles. The monoisotopic (exact) mass is 425 g/mol. The van der Waals surface area contributed by atoms with Crippen LogP contribution in [0.2, 0.25) is 0 Å². The molecular weight excluding hydrogens is 398 g/mol. The fourth-order valence-corrected chi connectivity index (χ4v) is 4.88.